The Morgan fingerprint density at radius 2 is 1.94 bits per heavy atom. The smallest absolute Gasteiger partial charge is 0.234 e. The highest BCUT2D eigenvalue weighted by Crippen LogP contribution is 2.27. The quantitative estimate of drug-likeness (QED) is 0.822. The predicted octanol–water partition coefficient (Wildman–Crippen LogP) is 2.98. The van der Waals surface area contributed by atoms with Gasteiger partial charge in [0.25, 0.3) is 0 Å². The van der Waals surface area contributed by atoms with Gasteiger partial charge in [0.1, 0.15) is 0 Å². The van der Waals surface area contributed by atoms with E-state index in [0.29, 0.717) is 5.92 Å². The zero-order chi connectivity index (χ0) is 13.9. The van der Waals surface area contributed by atoms with E-state index in [0.717, 1.165) is 16.8 Å². The van der Waals surface area contributed by atoms with Gasteiger partial charge in [0.2, 0.25) is 5.91 Å². The van der Waals surface area contributed by atoms with Crippen LogP contribution in [0.2, 0.25) is 0 Å². The van der Waals surface area contributed by atoms with E-state index in [-0.39, 0.29) is 10.9 Å². The summed E-state index contributed by atoms with van der Waals surface area (Å²) in [5.74, 6) is -0.265. The van der Waals surface area contributed by atoms with Gasteiger partial charge in [-0.1, -0.05) is 44.3 Å². The largest absolute Gasteiger partial charge is 0.393 e. The van der Waals surface area contributed by atoms with Crippen LogP contribution in [0.5, 0.6) is 0 Å². The number of nitrogens with two attached hydrogens (primary N) is 1. The minimum Gasteiger partial charge on any atom is -0.393 e. The number of aryl methyl sites for hydroxylation is 1. The summed E-state index contributed by atoms with van der Waals surface area (Å²) in [7, 11) is 0. The average molecular weight is 264 g/mol. The van der Waals surface area contributed by atoms with Crippen LogP contribution in [0.3, 0.4) is 0 Å². The lowest BCUT2D eigenvalue weighted by molar-refractivity contribution is -0.117. The first-order chi connectivity index (χ1) is 8.34. The molecule has 0 aliphatic heterocycles. The molecule has 3 nitrogen and oxygen atoms in total. The molecule has 0 aliphatic carbocycles. The van der Waals surface area contributed by atoms with Crippen molar-refractivity contribution in [1.82, 2.24) is 0 Å². The number of nitrogens with one attached hydrogen (secondary N) is 1. The zero-order valence-corrected chi connectivity index (χ0v) is 12.1. The molecule has 1 atom stereocenters. The van der Waals surface area contributed by atoms with Gasteiger partial charge in [-0.15, -0.1) is 0 Å². The summed E-state index contributed by atoms with van der Waals surface area (Å²) in [6.07, 6.45) is 0. The third-order valence-electron chi connectivity index (χ3n) is 3.00. The van der Waals surface area contributed by atoms with Crippen LogP contribution in [0, 0.1) is 12.8 Å². The minimum absolute atomic E-state index is 0.154. The number of hydrogen-bond acceptors (Lipinski definition) is 2. The molecule has 0 bridgehead atoms. The van der Waals surface area contributed by atoms with Crippen molar-refractivity contribution in [2.45, 2.75) is 33.6 Å². The van der Waals surface area contributed by atoms with Crippen LogP contribution in [-0.4, -0.2) is 10.9 Å². The Balaban J connectivity index is 3.04. The number of benzene rings is 1. The van der Waals surface area contributed by atoms with Crippen molar-refractivity contribution in [1.29, 1.82) is 0 Å². The second kappa shape index (κ2) is 5.96. The molecule has 1 unspecified atom stereocenters. The SMILES string of the molecule is Cc1cccc(C(C)C)c1NC(=O)C(C)C(N)=S. The first-order valence-corrected chi connectivity index (χ1v) is 6.45. The zero-order valence-electron chi connectivity index (χ0n) is 11.3. The van der Waals surface area contributed by atoms with E-state index in [2.05, 4.69) is 19.2 Å². The first kappa shape index (κ1) is 14.6. The molecular weight excluding hydrogens is 244 g/mol. The third-order valence-corrected chi connectivity index (χ3v) is 3.35. The summed E-state index contributed by atoms with van der Waals surface area (Å²) in [4.78, 5) is 12.2. The van der Waals surface area contributed by atoms with Crippen molar-refractivity contribution in [3.63, 3.8) is 0 Å². The Kier molecular flexibility index (Phi) is 4.84. The highest BCUT2D eigenvalue weighted by atomic mass is 32.1. The van der Waals surface area contributed by atoms with Crippen molar-refractivity contribution in [2.24, 2.45) is 11.7 Å². The number of amides is 1. The average Bonchev–Trinajstić information content (AvgIpc) is 2.30. The maximum atomic E-state index is 12.0. The summed E-state index contributed by atoms with van der Waals surface area (Å²) < 4.78 is 0. The van der Waals surface area contributed by atoms with Crippen LogP contribution >= 0.6 is 12.2 Å². The predicted molar refractivity (Wildman–Crippen MR) is 79.8 cm³/mol. The van der Waals surface area contributed by atoms with Gasteiger partial charge in [0.05, 0.1) is 10.9 Å². The Bertz CT molecular complexity index is 469. The topological polar surface area (TPSA) is 55.1 Å². The van der Waals surface area contributed by atoms with Crippen molar-refractivity contribution in [2.75, 3.05) is 5.32 Å². The van der Waals surface area contributed by atoms with E-state index < -0.39 is 5.92 Å². The Morgan fingerprint density at radius 3 is 2.44 bits per heavy atom. The van der Waals surface area contributed by atoms with E-state index >= 15 is 0 Å². The monoisotopic (exact) mass is 264 g/mol. The molecule has 0 spiro atoms. The van der Waals surface area contributed by atoms with E-state index in [4.69, 9.17) is 18.0 Å². The van der Waals surface area contributed by atoms with Gasteiger partial charge in [-0.2, -0.15) is 0 Å². The summed E-state index contributed by atoms with van der Waals surface area (Å²) >= 11 is 4.84. The Labute approximate surface area is 114 Å². The molecule has 4 heteroatoms. The molecule has 3 N–H and O–H groups in total. The molecule has 1 aromatic carbocycles. The number of carbonyl (C=O) groups is 1. The Hall–Kier alpha value is -1.42. The standard InChI is InChI=1S/C14H20N2OS/c1-8(2)11-7-5-6-9(3)12(11)16-14(17)10(4)13(15)18/h5-8,10H,1-4H3,(H2,15,18)(H,16,17). The lowest BCUT2D eigenvalue weighted by Gasteiger charge is -2.18. The third kappa shape index (κ3) is 3.29. The van der Waals surface area contributed by atoms with Gasteiger partial charge in [-0.05, 0) is 30.9 Å². The normalized spacial score (nSPS) is 12.3. The number of anilines is 1. The number of hydrogen-bond donors (Lipinski definition) is 2. The molecule has 0 saturated carbocycles. The molecule has 0 aliphatic rings. The summed E-state index contributed by atoms with van der Waals surface area (Å²) in [5.41, 5.74) is 8.54. The van der Waals surface area contributed by atoms with E-state index in [9.17, 15) is 4.79 Å². The van der Waals surface area contributed by atoms with Crippen LogP contribution in [0.15, 0.2) is 18.2 Å². The summed E-state index contributed by atoms with van der Waals surface area (Å²) in [6, 6.07) is 6.00. The van der Waals surface area contributed by atoms with Gasteiger partial charge in [-0.3, -0.25) is 4.79 Å². The molecule has 18 heavy (non-hydrogen) atoms. The van der Waals surface area contributed by atoms with E-state index in [1.165, 1.54) is 0 Å². The van der Waals surface area contributed by atoms with Crippen molar-refractivity contribution < 1.29 is 4.79 Å². The van der Waals surface area contributed by atoms with Crippen LogP contribution in [0.1, 0.15) is 37.8 Å². The number of rotatable bonds is 4. The van der Waals surface area contributed by atoms with Gasteiger partial charge in [0, 0.05) is 5.69 Å². The van der Waals surface area contributed by atoms with Gasteiger partial charge in [0.15, 0.2) is 0 Å². The van der Waals surface area contributed by atoms with Gasteiger partial charge >= 0.3 is 0 Å². The molecule has 0 aromatic heterocycles. The van der Waals surface area contributed by atoms with Crippen LogP contribution < -0.4 is 11.1 Å². The van der Waals surface area contributed by atoms with E-state index in [1.807, 2.05) is 25.1 Å². The molecule has 0 saturated heterocycles. The van der Waals surface area contributed by atoms with Crippen LogP contribution in [-0.2, 0) is 4.79 Å². The highest BCUT2D eigenvalue weighted by molar-refractivity contribution is 7.80. The molecule has 1 aromatic rings. The fourth-order valence-corrected chi connectivity index (χ4v) is 1.81. The fraction of sp³-hybridized carbons (Fsp3) is 0.429. The molecule has 98 valence electrons. The number of carbonyl (C=O) groups excluding carboxylic acids is 1. The van der Waals surface area contributed by atoms with Crippen LogP contribution in [0.25, 0.3) is 0 Å². The molecule has 0 heterocycles. The summed E-state index contributed by atoms with van der Waals surface area (Å²) in [5, 5.41) is 2.93. The van der Waals surface area contributed by atoms with Gasteiger partial charge < -0.3 is 11.1 Å². The Morgan fingerprint density at radius 1 is 1.33 bits per heavy atom. The maximum absolute atomic E-state index is 12.0. The fourth-order valence-electron chi connectivity index (χ4n) is 1.70. The number of thiocarbonyl (C=S) groups is 1. The van der Waals surface area contributed by atoms with Crippen LogP contribution in [0.4, 0.5) is 5.69 Å². The van der Waals surface area contributed by atoms with Crippen molar-refractivity contribution in [3.05, 3.63) is 29.3 Å². The first-order valence-electron chi connectivity index (χ1n) is 6.04. The lowest BCUT2D eigenvalue weighted by atomic mass is 9.97. The van der Waals surface area contributed by atoms with Crippen molar-refractivity contribution in [3.8, 4) is 0 Å². The van der Waals surface area contributed by atoms with Crippen molar-refractivity contribution >= 4 is 28.8 Å². The van der Waals surface area contributed by atoms with Gasteiger partial charge in [-0.25, -0.2) is 0 Å². The second-order valence-corrected chi connectivity index (χ2v) is 5.28. The van der Waals surface area contributed by atoms with E-state index in [1.54, 1.807) is 6.92 Å². The highest BCUT2D eigenvalue weighted by Gasteiger charge is 2.18. The maximum Gasteiger partial charge on any atom is 0.234 e. The molecule has 0 fully saturated rings. The molecule has 1 amide bonds. The lowest BCUT2D eigenvalue weighted by Crippen LogP contribution is -2.31. The minimum atomic E-state index is -0.459. The molecule has 1 rings (SSSR count). The molecular formula is C14H20N2OS. The second-order valence-electron chi connectivity index (χ2n) is 4.81. The summed E-state index contributed by atoms with van der Waals surface area (Å²) in [6.45, 7) is 7.89. The number of para-hydroxylation sites is 1. The molecule has 0 radical (unpaired) electrons.